The van der Waals surface area contributed by atoms with Crippen LogP contribution < -0.4 is 5.32 Å². The molecular formula is C14H16ClNOS. The molecule has 2 N–H and O–H groups in total. The van der Waals surface area contributed by atoms with Gasteiger partial charge in [0.2, 0.25) is 0 Å². The van der Waals surface area contributed by atoms with Crippen LogP contribution in [0.3, 0.4) is 0 Å². The molecule has 4 heteroatoms. The molecule has 0 aliphatic heterocycles. The third-order valence-corrected chi connectivity index (χ3v) is 4.17. The van der Waals surface area contributed by atoms with Crippen molar-refractivity contribution in [2.24, 2.45) is 0 Å². The van der Waals surface area contributed by atoms with Crippen LogP contribution >= 0.6 is 22.9 Å². The van der Waals surface area contributed by atoms with Crippen molar-refractivity contribution in [2.75, 3.05) is 11.9 Å². The smallest absolute Gasteiger partial charge is 0.0932 e. The molecule has 2 rings (SSSR count). The Labute approximate surface area is 116 Å². The molecular weight excluding hydrogens is 266 g/mol. The zero-order valence-corrected chi connectivity index (χ0v) is 11.8. The first-order valence-electron chi connectivity index (χ1n) is 5.90. The molecule has 0 amide bonds. The SMILES string of the molecule is CC(Nc1ccc(CCO)cc1)c1ccc(Cl)s1. The summed E-state index contributed by atoms with van der Waals surface area (Å²) in [6.45, 7) is 2.31. The van der Waals surface area contributed by atoms with E-state index in [0.717, 1.165) is 15.6 Å². The van der Waals surface area contributed by atoms with Gasteiger partial charge in [0.15, 0.2) is 0 Å². The van der Waals surface area contributed by atoms with Gasteiger partial charge >= 0.3 is 0 Å². The number of halogens is 1. The second-order valence-electron chi connectivity index (χ2n) is 4.18. The quantitative estimate of drug-likeness (QED) is 0.864. The Bertz CT molecular complexity index is 495. The lowest BCUT2D eigenvalue weighted by Crippen LogP contribution is -2.04. The average molecular weight is 282 g/mol. The number of rotatable bonds is 5. The second-order valence-corrected chi connectivity index (χ2v) is 5.93. The first kappa shape index (κ1) is 13.4. The maximum absolute atomic E-state index is 8.86. The van der Waals surface area contributed by atoms with Crippen LogP contribution in [0.5, 0.6) is 0 Å². The Hall–Kier alpha value is -1.03. The highest BCUT2D eigenvalue weighted by atomic mass is 35.5. The molecule has 0 radical (unpaired) electrons. The maximum Gasteiger partial charge on any atom is 0.0932 e. The fraction of sp³-hybridized carbons (Fsp3) is 0.286. The summed E-state index contributed by atoms with van der Waals surface area (Å²) in [7, 11) is 0. The Morgan fingerprint density at radius 1 is 1.22 bits per heavy atom. The van der Waals surface area contributed by atoms with Crippen LogP contribution in [0.1, 0.15) is 23.4 Å². The molecule has 1 aromatic heterocycles. The monoisotopic (exact) mass is 281 g/mol. The van der Waals surface area contributed by atoms with Gasteiger partial charge in [-0.05, 0) is 43.2 Å². The highest BCUT2D eigenvalue weighted by Crippen LogP contribution is 2.28. The standard InChI is InChI=1S/C14H16ClNOS/c1-10(13-6-7-14(15)18-13)16-12-4-2-11(3-5-12)8-9-17/h2-7,10,16-17H,8-9H2,1H3. The van der Waals surface area contributed by atoms with E-state index in [1.165, 1.54) is 4.88 Å². The van der Waals surface area contributed by atoms with E-state index in [4.69, 9.17) is 16.7 Å². The van der Waals surface area contributed by atoms with Crippen LogP contribution in [0.15, 0.2) is 36.4 Å². The van der Waals surface area contributed by atoms with E-state index in [-0.39, 0.29) is 12.6 Å². The van der Waals surface area contributed by atoms with Crippen LogP contribution in [-0.4, -0.2) is 11.7 Å². The minimum Gasteiger partial charge on any atom is -0.396 e. The third kappa shape index (κ3) is 3.48. The van der Waals surface area contributed by atoms with Crippen LogP contribution in [0.2, 0.25) is 4.34 Å². The van der Waals surface area contributed by atoms with Gasteiger partial charge in [-0.15, -0.1) is 11.3 Å². The highest BCUT2D eigenvalue weighted by molar-refractivity contribution is 7.16. The fourth-order valence-electron chi connectivity index (χ4n) is 1.78. The Morgan fingerprint density at radius 2 is 1.94 bits per heavy atom. The molecule has 1 atom stereocenters. The number of benzene rings is 1. The maximum atomic E-state index is 8.86. The van der Waals surface area contributed by atoms with Crippen molar-refractivity contribution in [3.05, 3.63) is 51.2 Å². The predicted octanol–water partition coefficient (Wildman–Crippen LogP) is 4.11. The molecule has 96 valence electrons. The molecule has 0 spiro atoms. The van der Waals surface area contributed by atoms with Crippen molar-refractivity contribution >= 4 is 28.6 Å². The van der Waals surface area contributed by atoms with Crippen molar-refractivity contribution in [3.63, 3.8) is 0 Å². The molecule has 0 saturated heterocycles. The van der Waals surface area contributed by atoms with Crippen molar-refractivity contribution in [3.8, 4) is 0 Å². The van der Waals surface area contributed by atoms with Gasteiger partial charge in [0.05, 0.1) is 10.4 Å². The van der Waals surface area contributed by atoms with Gasteiger partial charge in [0, 0.05) is 17.2 Å². The summed E-state index contributed by atoms with van der Waals surface area (Å²) in [5.74, 6) is 0. The minimum atomic E-state index is 0.191. The van der Waals surface area contributed by atoms with Gasteiger partial charge in [-0.2, -0.15) is 0 Å². The van der Waals surface area contributed by atoms with Gasteiger partial charge in [0.1, 0.15) is 0 Å². The van der Waals surface area contributed by atoms with Crippen LogP contribution in [0.4, 0.5) is 5.69 Å². The summed E-state index contributed by atoms with van der Waals surface area (Å²) >= 11 is 7.53. The summed E-state index contributed by atoms with van der Waals surface area (Å²) in [5, 5.41) is 12.3. The van der Waals surface area contributed by atoms with Gasteiger partial charge in [0.25, 0.3) is 0 Å². The van der Waals surface area contributed by atoms with E-state index in [9.17, 15) is 0 Å². The topological polar surface area (TPSA) is 32.3 Å². The lowest BCUT2D eigenvalue weighted by Gasteiger charge is -2.14. The van der Waals surface area contributed by atoms with E-state index in [2.05, 4.69) is 12.2 Å². The van der Waals surface area contributed by atoms with E-state index in [0.29, 0.717) is 6.42 Å². The van der Waals surface area contributed by atoms with Crippen molar-refractivity contribution in [2.45, 2.75) is 19.4 Å². The third-order valence-electron chi connectivity index (χ3n) is 2.76. The van der Waals surface area contributed by atoms with Crippen molar-refractivity contribution < 1.29 is 5.11 Å². The molecule has 0 saturated carbocycles. The molecule has 1 unspecified atom stereocenters. The first-order chi connectivity index (χ1) is 8.69. The Balaban J connectivity index is 2.00. The minimum absolute atomic E-state index is 0.191. The van der Waals surface area contributed by atoms with Crippen molar-refractivity contribution in [1.29, 1.82) is 0 Å². The van der Waals surface area contributed by atoms with Crippen LogP contribution in [0, 0.1) is 0 Å². The lowest BCUT2D eigenvalue weighted by atomic mass is 10.1. The molecule has 0 fully saturated rings. The molecule has 18 heavy (non-hydrogen) atoms. The zero-order chi connectivity index (χ0) is 13.0. The average Bonchev–Trinajstić information content (AvgIpc) is 2.79. The summed E-state index contributed by atoms with van der Waals surface area (Å²) in [6, 6.07) is 12.4. The summed E-state index contributed by atoms with van der Waals surface area (Å²) in [6.07, 6.45) is 0.705. The van der Waals surface area contributed by atoms with E-state index < -0.39 is 0 Å². The normalized spacial score (nSPS) is 12.4. The number of thiophene rings is 1. The van der Waals surface area contributed by atoms with E-state index in [1.54, 1.807) is 11.3 Å². The molecule has 2 aromatic rings. The highest BCUT2D eigenvalue weighted by Gasteiger charge is 2.07. The molecule has 0 aliphatic rings. The predicted molar refractivity (Wildman–Crippen MR) is 78.6 cm³/mol. The molecule has 0 aliphatic carbocycles. The summed E-state index contributed by atoms with van der Waals surface area (Å²) < 4.78 is 0.817. The Morgan fingerprint density at radius 3 is 2.50 bits per heavy atom. The summed E-state index contributed by atoms with van der Waals surface area (Å²) in [4.78, 5) is 1.22. The van der Waals surface area contributed by atoms with Gasteiger partial charge in [-0.3, -0.25) is 0 Å². The molecule has 1 aromatic carbocycles. The number of anilines is 1. The Kier molecular flexibility index (Phi) is 4.64. The molecule has 1 heterocycles. The van der Waals surface area contributed by atoms with Gasteiger partial charge in [-0.1, -0.05) is 23.7 Å². The van der Waals surface area contributed by atoms with Crippen LogP contribution in [-0.2, 0) is 6.42 Å². The number of hydrogen-bond acceptors (Lipinski definition) is 3. The van der Waals surface area contributed by atoms with E-state index >= 15 is 0 Å². The lowest BCUT2D eigenvalue weighted by molar-refractivity contribution is 0.299. The van der Waals surface area contributed by atoms with Gasteiger partial charge < -0.3 is 10.4 Å². The number of aliphatic hydroxyl groups is 1. The summed E-state index contributed by atoms with van der Waals surface area (Å²) in [5.41, 5.74) is 2.23. The fourth-order valence-corrected chi connectivity index (χ4v) is 2.84. The molecule has 2 nitrogen and oxygen atoms in total. The number of aliphatic hydroxyl groups excluding tert-OH is 1. The number of hydrogen-bond donors (Lipinski definition) is 2. The van der Waals surface area contributed by atoms with Gasteiger partial charge in [-0.25, -0.2) is 0 Å². The molecule has 0 bridgehead atoms. The zero-order valence-electron chi connectivity index (χ0n) is 10.2. The second kappa shape index (κ2) is 6.23. The van der Waals surface area contributed by atoms with E-state index in [1.807, 2.05) is 36.4 Å². The van der Waals surface area contributed by atoms with Crippen LogP contribution in [0.25, 0.3) is 0 Å². The van der Waals surface area contributed by atoms with Crippen molar-refractivity contribution in [1.82, 2.24) is 0 Å². The first-order valence-corrected chi connectivity index (χ1v) is 7.10. The largest absolute Gasteiger partial charge is 0.396 e. The number of nitrogens with one attached hydrogen (secondary N) is 1.